The molecule has 0 fully saturated rings. The van der Waals surface area contributed by atoms with E-state index >= 15 is 0 Å². The maximum Gasteiger partial charge on any atom is 0.0547 e. The zero-order valence-corrected chi connectivity index (χ0v) is 34.1. The lowest BCUT2D eigenvalue weighted by molar-refractivity contribution is 1.18. The fraction of sp³-hybridized carbons (Fsp3) is 0. The SMILES string of the molecule is c1ccc(-c2ccc(-c3ccc(N(c4cccc(-c5cccc6c5c5ccccc5n6-c5ccccc5)c4)c4ccc(-c5ccccc5)cc4-c4ccccc4)cc3)cc2)cc1. The van der Waals surface area contributed by atoms with E-state index in [0.29, 0.717) is 0 Å². The van der Waals surface area contributed by atoms with Crippen molar-refractivity contribution < 1.29 is 0 Å². The maximum atomic E-state index is 2.43. The molecule has 2 heteroatoms. The summed E-state index contributed by atoms with van der Waals surface area (Å²) in [6.45, 7) is 0. The first kappa shape index (κ1) is 36.8. The van der Waals surface area contributed by atoms with Crippen molar-refractivity contribution in [3.63, 3.8) is 0 Å². The quantitative estimate of drug-likeness (QED) is 0.141. The van der Waals surface area contributed by atoms with Gasteiger partial charge in [-0.1, -0.05) is 194 Å². The normalized spacial score (nSPS) is 11.2. The third kappa shape index (κ3) is 6.84. The highest BCUT2D eigenvalue weighted by atomic mass is 15.1. The summed E-state index contributed by atoms with van der Waals surface area (Å²) in [4.78, 5) is 2.43. The average molecular weight is 791 g/mol. The summed E-state index contributed by atoms with van der Waals surface area (Å²) in [6.07, 6.45) is 0. The molecule has 0 radical (unpaired) electrons. The van der Waals surface area contributed by atoms with Gasteiger partial charge in [0.2, 0.25) is 0 Å². The van der Waals surface area contributed by atoms with Gasteiger partial charge in [-0.25, -0.2) is 0 Å². The molecule has 0 aliphatic carbocycles. The van der Waals surface area contributed by atoms with E-state index in [1.807, 2.05) is 0 Å². The van der Waals surface area contributed by atoms with Gasteiger partial charge in [0.05, 0.1) is 16.7 Å². The van der Waals surface area contributed by atoms with Crippen LogP contribution in [-0.4, -0.2) is 4.57 Å². The molecule has 0 saturated heterocycles. The topological polar surface area (TPSA) is 8.17 Å². The number of hydrogen-bond donors (Lipinski definition) is 0. The van der Waals surface area contributed by atoms with Crippen molar-refractivity contribution in [3.05, 3.63) is 255 Å². The summed E-state index contributed by atoms with van der Waals surface area (Å²) in [5.41, 5.74) is 18.6. The molecular weight excluding hydrogens is 749 g/mol. The van der Waals surface area contributed by atoms with Gasteiger partial charge in [-0.05, 0) is 111 Å². The summed E-state index contributed by atoms with van der Waals surface area (Å²) < 4.78 is 2.39. The molecule has 10 aromatic carbocycles. The summed E-state index contributed by atoms with van der Waals surface area (Å²) in [7, 11) is 0. The van der Waals surface area contributed by atoms with E-state index in [0.717, 1.165) is 39.4 Å². The van der Waals surface area contributed by atoms with Crippen molar-refractivity contribution in [1.82, 2.24) is 4.57 Å². The number of benzene rings is 10. The van der Waals surface area contributed by atoms with Crippen molar-refractivity contribution >= 4 is 38.9 Å². The van der Waals surface area contributed by atoms with E-state index in [4.69, 9.17) is 0 Å². The predicted octanol–water partition coefficient (Wildman–Crippen LogP) is 16.6. The zero-order valence-electron chi connectivity index (χ0n) is 34.1. The lowest BCUT2D eigenvalue weighted by atomic mass is 9.95. The van der Waals surface area contributed by atoms with Crippen LogP contribution in [-0.2, 0) is 0 Å². The Hall–Kier alpha value is -8.20. The lowest BCUT2D eigenvalue weighted by Gasteiger charge is -2.29. The van der Waals surface area contributed by atoms with Crippen molar-refractivity contribution in [2.75, 3.05) is 4.90 Å². The summed E-state index contributed by atoms with van der Waals surface area (Å²) in [5, 5.41) is 2.48. The van der Waals surface area contributed by atoms with Crippen molar-refractivity contribution in [2.24, 2.45) is 0 Å². The fourth-order valence-corrected chi connectivity index (χ4v) is 9.03. The van der Waals surface area contributed by atoms with Gasteiger partial charge in [0, 0.05) is 33.4 Å². The maximum absolute atomic E-state index is 2.43. The van der Waals surface area contributed by atoms with Crippen LogP contribution in [0, 0.1) is 0 Å². The number of anilines is 3. The van der Waals surface area contributed by atoms with Crippen LogP contribution in [0.3, 0.4) is 0 Å². The Morgan fingerprint density at radius 2 is 0.758 bits per heavy atom. The minimum Gasteiger partial charge on any atom is -0.310 e. The molecule has 0 amide bonds. The number of nitrogens with zero attached hydrogens (tertiary/aromatic N) is 2. The molecule has 0 aliphatic heterocycles. The van der Waals surface area contributed by atoms with E-state index in [1.165, 1.54) is 60.8 Å². The van der Waals surface area contributed by atoms with Crippen LogP contribution in [0.1, 0.15) is 0 Å². The number of fused-ring (bicyclic) bond motifs is 3. The zero-order chi connectivity index (χ0) is 41.2. The van der Waals surface area contributed by atoms with Crippen LogP contribution < -0.4 is 4.90 Å². The number of rotatable bonds is 9. The molecule has 0 bridgehead atoms. The highest BCUT2D eigenvalue weighted by Crippen LogP contribution is 2.45. The molecule has 62 heavy (non-hydrogen) atoms. The molecule has 292 valence electrons. The highest BCUT2D eigenvalue weighted by Gasteiger charge is 2.21. The molecule has 0 atom stereocenters. The number of aromatic nitrogens is 1. The van der Waals surface area contributed by atoms with Crippen LogP contribution in [0.2, 0.25) is 0 Å². The first-order chi connectivity index (χ1) is 30.8. The van der Waals surface area contributed by atoms with Gasteiger partial charge in [0.25, 0.3) is 0 Å². The summed E-state index contributed by atoms with van der Waals surface area (Å²) >= 11 is 0. The fourth-order valence-electron chi connectivity index (χ4n) is 9.03. The first-order valence-corrected chi connectivity index (χ1v) is 21.3. The average Bonchev–Trinajstić information content (AvgIpc) is 3.70. The largest absolute Gasteiger partial charge is 0.310 e. The van der Waals surface area contributed by atoms with E-state index in [1.54, 1.807) is 0 Å². The summed E-state index contributed by atoms with van der Waals surface area (Å²) in [5.74, 6) is 0. The van der Waals surface area contributed by atoms with Gasteiger partial charge in [0.15, 0.2) is 0 Å². The predicted molar refractivity (Wildman–Crippen MR) is 263 cm³/mol. The molecule has 0 saturated carbocycles. The molecule has 0 aliphatic rings. The third-order valence-corrected chi connectivity index (χ3v) is 12.0. The molecule has 0 N–H and O–H groups in total. The molecule has 1 aromatic heterocycles. The molecule has 2 nitrogen and oxygen atoms in total. The standard InChI is InChI=1S/C60H42N2/c1-5-17-43(18-6-1)45-31-33-46(34-32-45)47-35-38-52(39-36-47)61(58-40-37-49(44-19-7-2-8-20-44)42-56(58)48-21-9-3-10-22-48)53-26-15-23-50(41-53)54-28-16-30-59-60(54)55-27-13-14-29-57(55)62(59)51-24-11-4-12-25-51/h1-42H. The van der Waals surface area contributed by atoms with E-state index in [2.05, 4.69) is 264 Å². The molecule has 11 aromatic rings. The van der Waals surface area contributed by atoms with E-state index in [-0.39, 0.29) is 0 Å². The van der Waals surface area contributed by atoms with E-state index < -0.39 is 0 Å². The monoisotopic (exact) mass is 790 g/mol. The van der Waals surface area contributed by atoms with Gasteiger partial charge in [-0.2, -0.15) is 0 Å². The van der Waals surface area contributed by atoms with Crippen molar-refractivity contribution in [1.29, 1.82) is 0 Å². The Morgan fingerprint density at radius 3 is 1.42 bits per heavy atom. The Balaban J connectivity index is 1.08. The molecule has 0 spiro atoms. The second-order valence-corrected chi connectivity index (χ2v) is 15.7. The van der Waals surface area contributed by atoms with E-state index in [9.17, 15) is 0 Å². The van der Waals surface area contributed by atoms with Crippen LogP contribution in [0.15, 0.2) is 255 Å². The van der Waals surface area contributed by atoms with Gasteiger partial charge in [-0.15, -0.1) is 0 Å². The summed E-state index contributed by atoms with van der Waals surface area (Å²) in [6, 6.07) is 92.1. The van der Waals surface area contributed by atoms with Crippen molar-refractivity contribution in [3.8, 4) is 61.3 Å². The molecule has 11 rings (SSSR count). The highest BCUT2D eigenvalue weighted by molar-refractivity contribution is 6.16. The lowest BCUT2D eigenvalue weighted by Crippen LogP contribution is -2.11. The van der Waals surface area contributed by atoms with Crippen LogP contribution in [0.5, 0.6) is 0 Å². The molecule has 1 heterocycles. The third-order valence-electron chi connectivity index (χ3n) is 12.0. The molecular formula is C60H42N2. The van der Waals surface area contributed by atoms with Crippen molar-refractivity contribution in [2.45, 2.75) is 0 Å². The van der Waals surface area contributed by atoms with Gasteiger partial charge < -0.3 is 9.47 Å². The van der Waals surface area contributed by atoms with Crippen LogP contribution in [0.4, 0.5) is 17.1 Å². The minimum absolute atomic E-state index is 1.08. The number of hydrogen-bond acceptors (Lipinski definition) is 1. The van der Waals surface area contributed by atoms with Crippen LogP contribution in [0.25, 0.3) is 83.1 Å². The number of para-hydroxylation sites is 2. The Bertz CT molecular complexity index is 3300. The minimum atomic E-state index is 1.08. The second-order valence-electron chi connectivity index (χ2n) is 15.7. The molecule has 0 unspecified atom stereocenters. The Kier molecular flexibility index (Phi) is 9.57. The Labute approximate surface area is 362 Å². The second kappa shape index (κ2) is 16.1. The Morgan fingerprint density at radius 1 is 0.274 bits per heavy atom. The van der Waals surface area contributed by atoms with Gasteiger partial charge >= 0.3 is 0 Å². The van der Waals surface area contributed by atoms with Crippen LogP contribution >= 0.6 is 0 Å². The van der Waals surface area contributed by atoms with Gasteiger partial charge in [-0.3, -0.25) is 0 Å². The smallest absolute Gasteiger partial charge is 0.0547 e. The first-order valence-electron chi connectivity index (χ1n) is 21.3. The van der Waals surface area contributed by atoms with Gasteiger partial charge in [0.1, 0.15) is 0 Å².